The molecule has 3 nitrogen and oxygen atoms in total. The zero-order chi connectivity index (χ0) is 16.4. The van der Waals surface area contributed by atoms with Gasteiger partial charge in [-0.2, -0.15) is 0 Å². The third-order valence-corrected chi connectivity index (χ3v) is 7.99. The lowest BCUT2D eigenvalue weighted by atomic mass is 9.50. The standard InChI is InChI=1S/C20H31NO2/c1-19-7-6-16-15(17(19)10-14(11-19)23-4)12-21(3)18-9-13(22)5-8-20(16,18)2/h9,14-17H,5-8,10-12H2,1-4H3/t14-,15+,16-,17-,19+,20+/m0/s1. The van der Waals surface area contributed by atoms with E-state index < -0.39 is 0 Å². The summed E-state index contributed by atoms with van der Waals surface area (Å²) in [6, 6.07) is 0. The molecular weight excluding hydrogens is 286 g/mol. The van der Waals surface area contributed by atoms with Crippen LogP contribution in [0, 0.1) is 28.6 Å². The van der Waals surface area contributed by atoms with E-state index in [1.807, 2.05) is 13.2 Å². The Kier molecular flexibility index (Phi) is 3.46. The second kappa shape index (κ2) is 5.08. The predicted molar refractivity (Wildman–Crippen MR) is 90.9 cm³/mol. The zero-order valence-electron chi connectivity index (χ0n) is 15.1. The molecule has 0 aromatic rings. The first-order valence-electron chi connectivity index (χ1n) is 9.36. The number of carbonyl (C=O) groups excluding carboxylic acids is 1. The number of rotatable bonds is 1. The molecule has 1 aliphatic heterocycles. The molecule has 0 aromatic heterocycles. The topological polar surface area (TPSA) is 29.5 Å². The van der Waals surface area contributed by atoms with Crippen molar-refractivity contribution in [2.24, 2.45) is 28.6 Å². The van der Waals surface area contributed by atoms with E-state index in [1.165, 1.54) is 31.4 Å². The van der Waals surface area contributed by atoms with E-state index in [0.717, 1.165) is 37.1 Å². The van der Waals surface area contributed by atoms with Gasteiger partial charge in [-0.05, 0) is 55.3 Å². The van der Waals surface area contributed by atoms with Crippen molar-refractivity contribution in [3.63, 3.8) is 0 Å². The van der Waals surface area contributed by atoms with Gasteiger partial charge in [0.25, 0.3) is 0 Å². The van der Waals surface area contributed by atoms with E-state index in [2.05, 4.69) is 25.8 Å². The molecule has 0 spiro atoms. The lowest BCUT2D eigenvalue weighted by Crippen LogP contribution is -2.56. The Morgan fingerprint density at radius 1 is 1.26 bits per heavy atom. The molecule has 0 bridgehead atoms. The monoisotopic (exact) mass is 317 g/mol. The summed E-state index contributed by atoms with van der Waals surface area (Å²) in [7, 11) is 4.08. The number of ether oxygens (including phenoxy) is 1. The molecule has 3 fully saturated rings. The molecule has 0 aromatic carbocycles. The molecule has 0 unspecified atom stereocenters. The fourth-order valence-electron chi connectivity index (χ4n) is 6.74. The van der Waals surface area contributed by atoms with Crippen molar-refractivity contribution in [1.82, 2.24) is 4.90 Å². The van der Waals surface area contributed by atoms with Crippen LogP contribution in [0.2, 0.25) is 0 Å². The number of methoxy groups -OCH3 is 1. The number of hydrogen-bond donors (Lipinski definition) is 0. The molecule has 4 rings (SSSR count). The Hall–Kier alpha value is -0.830. The number of carbonyl (C=O) groups is 1. The van der Waals surface area contributed by atoms with Crippen LogP contribution < -0.4 is 0 Å². The van der Waals surface area contributed by atoms with Crippen LogP contribution in [-0.4, -0.2) is 37.5 Å². The molecule has 6 atom stereocenters. The number of ketones is 1. The van der Waals surface area contributed by atoms with Gasteiger partial charge in [0, 0.05) is 44.3 Å². The maximum absolute atomic E-state index is 12.0. The molecule has 3 aliphatic carbocycles. The number of allylic oxidation sites excluding steroid dienone is 2. The fourth-order valence-corrected chi connectivity index (χ4v) is 6.74. The molecule has 1 heterocycles. The van der Waals surface area contributed by atoms with Gasteiger partial charge in [0.05, 0.1) is 6.10 Å². The summed E-state index contributed by atoms with van der Waals surface area (Å²) in [5.41, 5.74) is 1.99. The maximum atomic E-state index is 12.0. The van der Waals surface area contributed by atoms with Crippen molar-refractivity contribution in [3.8, 4) is 0 Å². The third kappa shape index (κ3) is 2.15. The fraction of sp³-hybridized carbons (Fsp3) is 0.850. The van der Waals surface area contributed by atoms with Gasteiger partial charge in [-0.3, -0.25) is 4.79 Å². The van der Waals surface area contributed by atoms with Gasteiger partial charge in [0.1, 0.15) is 0 Å². The minimum absolute atomic E-state index is 0.206. The number of piperidine rings is 1. The summed E-state index contributed by atoms with van der Waals surface area (Å²) in [4.78, 5) is 14.4. The molecule has 1 saturated heterocycles. The van der Waals surface area contributed by atoms with Crippen molar-refractivity contribution in [2.75, 3.05) is 20.7 Å². The highest BCUT2D eigenvalue weighted by Crippen LogP contribution is 2.63. The average Bonchev–Trinajstić information content (AvgIpc) is 2.86. The van der Waals surface area contributed by atoms with E-state index in [-0.39, 0.29) is 5.41 Å². The van der Waals surface area contributed by atoms with Crippen LogP contribution in [0.15, 0.2) is 11.8 Å². The van der Waals surface area contributed by atoms with Gasteiger partial charge in [0.15, 0.2) is 5.78 Å². The highest BCUT2D eigenvalue weighted by Gasteiger charge is 2.59. The van der Waals surface area contributed by atoms with Crippen molar-refractivity contribution < 1.29 is 9.53 Å². The maximum Gasteiger partial charge on any atom is 0.157 e. The average molecular weight is 317 g/mol. The van der Waals surface area contributed by atoms with E-state index in [4.69, 9.17) is 4.74 Å². The Bertz CT molecular complexity index is 556. The van der Waals surface area contributed by atoms with Crippen molar-refractivity contribution in [1.29, 1.82) is 0 Å². The summed E-state index contributed by atoms with van der Waals surface area (Å²) in [6.45, 7) is 6.06. The first-order chi connectivity index (χ1) is 10.9. The SMILES string of the molecule is CO[C@H]1C[C@H]2[C@@H]3CN(C)C4=CC(=O)CC[C@]4(C)[C@H]3CC[C@]2(C)C1. The molecule has 3 heteroatoms. The molecule has 4 aliphatic rings. The van der Waals surface area contributed by atoms with Crippen LogP contribution in [0.25, 0.3) is 0 Å². The van der Waals surface area contributed by atoms with Gasteiger partial charge in [-0.25, -0.2) is 0 Å². The van der Waals surface area contributed by atoms with Crippen LogP contribution in [-0.2, 0) is 9.53 Å². The van der Waals surface area contributed by atoms with Gasteiger partial charge in [-0.1, -0.05) is 13.8 Å². The highest BCUT2D eigenvalue weighted by atomic mass is 16.5. The van der Waals surface area contributed by atoms with Gasteiger partial charge in [0.2, 0.25) is 0 Å². The lowest BCUT2D eigenvalue weighted by molar-refractivity contribution is -0.118. The minimum Gasteiger partial charge on any atom is -0.381 e. The van der Waals surface area contributed by atoms with E-state index in [1.54, 1.807) is 0 Å². The smallest absolute Gasteiger partial charge is 0.157 e. The Morgan fingerprint density at radius 2 is 2.04 bits per heavy atom. The normalized spacial score (nSPS) is 49.3. The number of hydrogen-bond acceptors (Lipinski definition) is 3. The lowest BCUT2D eigenvalue weighted by Gasteiger charge is -2.59. The Morgan fingerprint density at radius 3 is 2.78 bits per heavy atom. The van der Waals surface area contributed by atoms with Crippen LogP contribution in [0.3, 0.4) is 0 Å². The quantitative estimate of drug-likeness (QED) is 0.739. The Labute approximate surface area is 140 Å². The summed E-state index contributed by atoms with van der Waals surface area (Å²) in [5, 5.41) is 0. The molecule has 128 valence electrons. The first-order valence-corrected chi connectivity index (χ1v) is 9.36. The van der Waals surface area contributed by atoms with Crippen molar-refractivity contribution in [3.05, 3.63) is 11.8 Å². The second-order valence-electron chi connectivity index (χ2n) is 9.16. The van der Waals surface area contributed by atoms with Crippen LogP contribution >= 0.6 is 0 Å². The van der Waals surface area contributed by atoms with Crippen LogP contribution in [0.1, 0.15) is 52.4 Å². The van der Waals surface area contributed by atoms with Crippen LogP contribution in [0.5, 0.6) is 0 Å². The van der Waals surface area contributed by atoms with Crippen LogP contribution in [0.4, 0.5) is 0 Å². The largest absolute Gasteiger partial charge is 0.381 e. The van der Waals surface area contributed by atoms with Gasteiger partial charge >= 0.3 is 0 Å². The molecular formula is C20H31NO2. The van der Waals surface area contributed by atoms with E-state index in [0.29, 0.717) is 17.3 Å². The molecule has 0 radical (unpaired) electrons. The molecule has 2 saturated carbocycles. The second-order valence-corrected chi connectivity index (χ2v) is 9.16. The van der Waals surface area contributed by atoms with Crippen molar-refractivity contribution in [2.45, 2.75) is 58.5 Å². The predicted octanol–water partition coefficient (Wildman–Crippen LogP) is 3.64. The molecule has 0 N–H and O–H groups in total. The Balaban J connectivity index is 1.70. The number of likely N-dealkylation sites (tertiary alicyclic amines) is 1. The molecule has 0 amide bonds. The summed E-state index contributed by atoms with van der Waals surface area (Å²) >= 11 is 0. The number of fused-ring (bicyclic) bond motifs is 5. The van der Waals surface area contributed by atoms with Crippen molar-refractivity contribution >= 4 is 5.78 Å². The van der Waals surface area contributed by atoms with E-state index in [9.17, 15) is 4.79 Å². The number of nitrogens with zero attached hydrogens (tertiary/aromatic N) is 1. The highest BCUT2D eigenvalue weighted by molar-refractivity contribution is 5.91. The third-order valence-electron chi connectivity index (χ3n) is 7.99. The molecule has 23 heavy (non-hydrogen) atoms. The summed E-state index contributed by atoms with van der Waals surface area (Å²) in [5.74, 6) is 2.61. The van der Waals surface area contributed by atoms with E-state index >= 15 is 0 Å². The van der Waals surface area contributed by atoms with Gasteiger partial charge < -0.3 is 9.64 Å². The summed E-state index contributed by atoms with van der Waals surface area (Å²) < 4.78 is 5.75. The summed E-state index contributed by atoms with van der Waals surface area (Å²) in [6.07, 6.45) is 9.31. The first kappa shape index (κ1) is 15.7. The van der Waals surface area contributed by atoms with Gasteiger partial charge in [-0.15, -0.1) is 0 Å². The zero-order valence-corrected chi connectivity index (χ0v) is 15.1. The minimum atomic E-state index is 0.206.